The van der Waals surface area contributed by atoms with Gasteiger partial charge in [-0.25, -0.2) is 12.7 Å². The van der Waals surface area contributed by atoms with E-state index in [1.54, 1.807) is 11.2 Å². The summed E-state index contributed by atoms with van der Waals surface area (Å²) in [5, 5.41) is 12.0. The van der Waals surface area contributed by atoms with Gasteiger partial charge in [-0.2, -0.15) is 0 Å². The highest BCUT2D eigenvalue weighted by molar-refractivity contribution is 7.89. The SMILES string of the molecule is CCS(=O)(=O)N1CCC(NC(C)CCC(=O)O)CC1. The van der Waals surface area contributed by atoms with E-state index in [1.807, 2.05) is 6.92 Å². The molecule has 1 fully saturated rings. The van der Waals surface area contributed by atoms with Crippen LogP contribution in [0.5, 0.6) is 0 Å². The van der Waals surface area contributed by atoms with E-state index in [1.165, 1.54) is 0 Å². The van der Waals surface area contributed by atoms with Gasteiger partial charge >= 0.3 is 5.97 Å². The molecule has 1 rings (SSSR count). The molecule has 2 N–H and O–H groups in total. The Morgan fingerprint density at radius 2 is 2.00 bits per heavy atom. The summed E-state index contributed by atoms with van der Waals surface area (Å²) in [6, 6.07) is 0.433. The zero-order valence-corrected chi connectivity index (χ0v) is 12.4. The van der Waals surface area contributed by atoms with Crippen LogP contribution in [0.15, 0.2) is 0 Å². The van der Waals surface area contributed by atoms with E-state index in [4.69, 9.17) is 5.11 Å². The minimum Gasteiger partial charge on any atom is -0.481 e. The fraction of sp³-hybridized carbons (Fsp3) is 0.917. The number of nitrogens with one attached hydrogen (secondary N) is 1. The fourth-order valence-electron chi connectivity index (χ4n) is 2.31. The van der Waals surface area contributed by atoms with Crippen molar-refractivity contribution < 1.29 is 18.3 Å². The van der Waals surface area contributed by atoms with E-state index in [0.29, 0.717) is 19.5 Å². The molecular formula is C12H24N2O4S. The smallest absolute Gasteiger partial charge is 0.303 e. The topological polar surface area (TPSA) is 86.7 Å². The van der Waals surface area contributed by atoms with E-state index in [2.05, 4.69) is 5.32 Å². The lowest BCUT2D eigenvalue weighted by atomic mass is 10.0. The molecule has 1 saturated heterocycles. The number of carboxylic acid groups (broad SMARTS) is 1. The summed E-state index contributed by atoms with van der Waals surface area (Å²) >= 11 is 0. The maximum absolute atomic E-state index is 11.7. The third-order valence-corrected chi connectivity index (χ3v) is 5.41. The van der Waals surface area contributed by atoms with Gasteiger partial charge in [0.1, 0.15) is 0 Å². The number of piperidine rings is 1. The van der Waals surface area contributed by atoms with Crippen LogP contribution in [0.25, 0.3) is 0 Å². The average molecular weight is 292 g/mol. The molecule has 0 amide bonds. The Hall–Kier alpha value is -0.660. The molecule has 19 heavy (non-hydrogen) atoms. The van der Waals surface area contributed by atoms with Gasteiger partial charge in [-0.1, -0.05) is 0 Å². The molecular weight excluding hydrogens is 268 g/mol. The monoisotopic (exact) mass is 292 g/mol. The third kappa shape index (κ3) is 5.46. The quantitative estimate of drug-likeness (QED) is 0.719. The van der Waals surface area contributed by atoms with E-state index in [0.717, 1.165) is 12.8 Å². The van der Waals surface area contributed by atoms with Crippen molar-refractivity contribution in [2.45, 2.75) is 51.6 Å². The summed E-state index contributed by atoms with van der Waals surface area (Å²) < 4.78 is 25.0. The highest BCUT2D eigenvalue weighted by Crippen LogP contribution is 2.15. The molecule has 6 nitrogen and oxygen atoms in total. The maximum atomic E-state index is 11.7. The van der Waals surface area contributed by atoms with Gasteiger partial charge in [-0.3, -0.25) is 4.79 Å². The van der Waals surface area contributed by atoms with Crippen molar-refractivity contribution in [1.82, 2.24) is 9.62 Å². The summed E-state index contributed by atoms with van der Waals surface area (Å²) in [6.07, 6.45) is 2.34. The van der Waals surface area contributed by atoms with Crippen LogP contribution < -0.4 is 5.32 Å². The first-order valence-electron chi connectivity index (χ1n) is 6.80. The molecule has 0 spiro atoms. The van der Waals surface area contributed by atoms with E-state index < -0.39 is 16.0 Å². The number of hydrogen-bond acceptors (Lipinski definition) is 4. The van der Waals surface area contributed by atoms with Crippen LogP contribution in [0, 0.1) is 0 Å². The van der Waals surface area contributed by atoms with Gasteiger partial charge in [-0.15, -0.1) is 0 Å². The Balaban J connectivity index is 2.32. The molecule has 0 bridgehead atoms. The molecule has 1 aliphatic rings. The van der Waals surface area contributed by atoms with Crippen LogP contribution >= 0.6 is 0 Å². The number of nitrogens with zero attached hydrogens (tertiary/aromatic N) is 1. The molecule has 1 unspecified atom stereocenters. The second kappa shape index (κ2) is 7.21. The molecule has 0 saturated carbocycles. The highest BCUT2D eigenvalue weighted by Gasteiger charge is 2.27. The maximum Gasteiger partial charge on any atom is 0.303 e. The van der Waals surface area contributed by atoms with Crippen LogP contribution in [0.4, 0.5) is 0 Å². The Kier molecular flexibility index (Phi) is 6.22. The van der Waals surface area contributed by atoms with Crippen molar-refractivity contribution in [2.75, 3.05) is 18.8 Å². The molecule has 0 aromatic carbocycles. The zero-order valence-electron chi connectivity index (χ0n) is 11.6. The van der Waals surface area contributed by atoms with Gasteiger partial charge in [0.05, 0.1) is 5.75 Å². The molecule has 1 atom stereocenters. The average Bonchev–Trinajstić information content (AvgIpc) is 2.37. The number of aliphatic carboxylic acids is 1. The van der Waals surface area contributed by atoms with Crippen molar-refractivity contribution in [3.63, 3.8) is 0 Å². The van der Waals surface area contributed by atoms with Crippen molar-refractivity contribution in [3.8, 4) is 0 Å². The molecule has 1 heterocycles. The van der Waals surface area contributed by atoms with Gasteiger partial charge in [-0.05, 0) is 33.1 Å². The van der Waals surface area contributed by atoms with E-state index >= 15 is 0 Å². The standard InChI is InChI=1S/C12H24N2O4S/c1-3-19(17,18)14-8-6-11(7-9-14)13-10(2)4-5-12(15)16/h10-11,13H,3-9H2,1-2H3,(H,15,16). The first-order valence-corrected chi connectivity index (χ1v) is 8.41. The van der Waals surface area contributed by atoms with Crippen molar-refractivity contribution in [2.24, 2.45) is 0 Å². The minimum absolute atomic E-state index is 0.149. The molecule has 0 radical (unpaired) electrons. The van der Waals surface area contributed by atoms with Crippen molar-refractivity contribution in [3.05, 3.63) is 0 Å². The molecule has 1 aliphatic heterocycles. The van der Waals surface area contributed by atoms with Crippen LogP contribution in [0.1, 0.15) is 39.5 Å². The molecule has 0 aromatic heterocycles. The summed E-state index contributed by atoms with van der Waals surface area (Å²) in [5.74, 6) is -0.627. The Morgan fingerprint density at radius 1 is 1.42 bits per heavy atom. The Bertz CT molecular complexity index is 389. The lowest BCUT2D eigenvalue weighted by Crippen LogP contribution is -2.47. The number of sulfonamides is 1. The molecule has 0 aromatic rings. The summed E-state index contributed by atoms with van der Waals surface area (Å²) in [7, 11) is -3.07. The van der Waals surface area contributed by atoms with Gasteiger partial charge in [0.2, 0.25) is 10.0 Å². The second-order valence-electron chi connectivity index (χ2n) is 5.07. The fourth-order valence-corrected chi connectivity index (χ4v) is 3.44. The van der Waals surface area contributed by atoms with Crippen molar-refractivity contribution >= 4 is 16.0 Å². The highest BCUT2D eigenvalue weighted by atomic mass is 32.2. The normalized spacial score (nSPS) is 20.3. The van der Waals surface area contributed by atoms with Gasteiger partial charge in [0, 0.05) is 31.6 Å². The Morgan fingerprint density at radius 3 is 2.47 bits per heavy atom. The zero-order chi connectivity index (χ0) is 14.5. The predicted molar refractivity (Wildman–Crippen MR) is 73.5 cm³/mol. The molecule has 7 heteroatoms. The predicted octanol–water partition coefficient (Wildman–Crippen LogP) is 0.643. The summed E-state index contributed by atoms with van der Waals surface area (Å²) in [5.41, 5.74) is 0. The lowest BCUT2D eigenvalue weighted by Gasteiger charge is -2.33. The largest absolute Gasteiger partial charge is 0.481 e. The number of carbonyl (C=O) groups is 1. The van der Waals surface area contributed by atoms with Gasteiger partial charge in [0.15, 0.2) is 0 Å². The minimum atomic E-state index is -3.07. The first kappa shape index (κ1) is 16.4. The van der Waals surface area contributed by atoms with Crippen molar-refractivity contribution in [1.29, 1.82) is 0 Å². The van der Waals surface area contributed by atoms with E-state index in [9.17, 15) is 13.2 Å². The first-order chi connectivity index (χ1) is 8.85. The van der Waals surface area contributed by atoms with Crippen LogP contribution in [0.3, 0.4) is 0 Å². The molecule has 0 aliphatic carbocycles. The van der Waals surface area contributed by atoms with Crippen LogP contribution in [-0.2, 0) is 14.8 Å². The second-order valence-corrected chi connectivity index (χ2v) is 7.33. The number of hydrogen-bond donors (Lipinski definition) is 2. The lowest BCUT2D eigenvalue weighted by molar-refractivity contribution is -0.137. The summed E-state index contributed by atoms with van der Waals surface area (Å²) in [6.45, 7) is 4.74. The molecule has 112 valence electrons. The van der Waals surface area contributed by atoms with E-state index in [-0.39, 0.29) is 24.3 Å². The van der Waals surface area contributed by atoms with Gasteiger partial charge < -0.3 is 10.4 Å². The number of carboxylic acids is 1. The summed E-state index contributed by atoms with van der Waals surface area (Å²) in [4.78, 5) is 10.5. The Labute approximate surface area is 115 Å². The van der Waals surface area contributed by atoms with Gasteiger partial charge in [0.25, 0.3) is 0 Å². The van der Waals surface area contributed by atoms with Crippen LogP contribution in [0.2, 0.25) is 0 Å². The number of rotatable bonds is 7. The van der Waals surface area contributed by atoms with Crippen LogP contribution in [-0.4, -0.2) is 54.7 Å². The third-order valence-electron chi connectivity index (χ3n) is 3.52.